The van der Waals surface area contributed by atoms with E-state index in [4.69, 9.17) is 9.15 Å². The van der Waals surface area contributed by atoms with Crippen molar-refractivity contribution >= 4 is 44.2 Å². The topological polar surface area (TPSA) is 120 Å². The van der Waals surface area contributed by atoms with E-state index < -0.39 is 21.8 Å². The molecule has 0 radical (unpaired) electrons. The molecule has 0 saturated heterocycles. The molecule has 9 heteroatoms. The van der Waals surface area contributed by atoms with Gasteiger partial charge in [-0.3, -0.25) is 14.3 Å². The summed E-state index contributed by atoms with van der Waals surface area (Å²) in [5.74, 6) is -0.965. The van der Waals surface area contributed by atoms with E-state index in [0.717, 1.165) is 0 Å². The normalized spacial score (nSPS) is 13.0. The van der Waals surface area contributed by atoms with Crippen molar-refractivity contribution in [3.8, 4) is 0 Å². The number of esters is 1. The Morgan fingerprint density at radius 3 is 2.19 bits per heavy atom. The number of rotatable bonds is 5. The van der Waals surface area contributed by atoms with Gasteiger partial charge in [-0.05, 0) is 57.2 Å². The van der Waals surface area contributed by atoms with Crippen molar-refractivity contribution in [3.63, 3.8) is 0 Å². The van der Waals surface area contributed by atoms with Crippen LogP contribution in [0.3, 0.4) is 0 Å². The van der Waals surface area contributed by atoms with Crippen molar-refractivity contribution < 1.29 is 32.0 Å². The maximum Gasteiger partial charge on any atom is 0.342 e. The van der Waals surface area contributed by atoms with Crippen LogP contribution in [0.5, 0.6) is 0 Å². The summed E-state index contributed by atoms with van der Waals surface area (Å²) < 4.78 is 39.8. The number of ketones is 2. The molecule has 0 bridgehead atoms. The zero-order valence-electron chi connectivity index (χ0n) is 19.6. The molecule has 3 aromatic carbocycles. The first-order chi connectivity index (χ1) is 17.1. The molecule has 1 N–H and O–H groups in total. The molecule has 1 aromatic heterocycles. The van der Waals surface area contributed by atoms with E-state index in [1.54, 1.807) is 51.1 Å². The maximum atomic E-state index is 13.2. The van der Waals surface area contributed by atoms with Gasteiger partial charge in [0.25, 0.3) is 10.0 Å². The number of hydrogen-bond acceptors (Lipinski definition) is 7. The minimum atomic E-state index is -4.14. The van der Waals surface area contributed by atoms with E-state index in [-0.39, 0.29) is 44.7 Å². The molecule has 1 aliphatic carbocycles. The van der Waals surface area contributed by atoms with Gasteiger partial charge >= 0.3 is 5.97 Å². The zero-order chi connectivity index (χ0) is 25.8. The van der Waals surface area contributed by atoms with Crippen molar-refractivity contribution in [2.75, 3.05) is 4.72 Å². The van der Waals surface area contributed by atoms with E-state index in [0.29, 0.717) is 22.3 Å². The lowest BCUT2D eigenvalue weighted by Crippen LogP contribution is -2.22. The fraction of sp³-hybridized carbons (Fsp3) is 0.148. The smallest absolute Gasteiger partial charge is 0.342 e. The van der Waals surface area contributed by atoms with E-state index in [1.165, 1.54) is 30.3 Å². The predicted octanol–water partition coefficient (Wildman–Crippen LogP) is 4.88. The summed E-state index contributed by atoms with van der Waals surface area (Å²) in [4.78, 5) is 38.2. The van der Waals surface area contributed by atoms with Gasteiger partial charge in [0, 0.05) is 33.3 Å². The number of carbonyl (C=O) groups excluding carboxylic acids is 3. The average Bonchev–Trinajstić information content (AvgIpc) is 3.16. The summed E-state index contributed by atoms with van der Waals surface area (Å²) >= 11 is 0. The van der Waals surface area contributed by atoms with E-state index in [2.05, 4.69) is 4.72 Å². The van der Waals surface area contributed by atoms with E-state index in [1.807, 2.05) is 0 Å². The largest absolute Gasteiger partial charge is 0.460 e. The van der Waals surface area contributed by atoms with E-state index >= 15 is 0 Å². The molecule has 8 nitrogen and oxygen atoms in total. The van der Waals surface area contributed by atoms with Crippen LogP contribution in [0, 0.1) is 6.92 Å². The number of anilines is 1. The first kappa shape index (κ1) is 23.5. The Morgan fingerprint density at radius 2 is 1.53 bits per heavy atom. The third-order valence-electron chi connectivity index (χ3n) is 5.87. The number of furan rings is 1. The highest BCUT2D eigenvalue weighted by Crippen LogP contribution is 2.32. The summed E-state index contributed by atoms with van der Waals surface area (Å²) in [5.41, 5.74) is 1.52. The number of hydrogen-bond donors (Lipinski definition) is 1. The van der Waals surface area contributed by atoms with Crippen LogP contribution in [-0.2, 0) is 14.8 Å². The Bertz CT molecular complexity index is 1700. The second-order valence-corrected chi connectivity index (χ2v) is 10.4. The molecular formula is C27H21NO7S. The lowest BCUT2D eigenvalue weighted by atomic mass is 9.84. The summed E-state index contributed by atoms with van der Waals surface area (Å²) in [5, 5.41) is 0.404. The molecule has 0 aliphatic heterocycles. The molecule has 1 heterocycles. The summed E-state index contributed by atoms with van der Waals surface area (Å²) in [7, 11) is -4.14. The van der Waals surface area contributed by atoms with Gasteiger partial charge in [0.2, 0.25) is 0 Å². The lowest BCUT2D eigenvalue weighted by molar-refractivity contribution is 0.0378. The van der Waals surface area contributed by atoms with Gasteiger partial charge in [0.05, 0.1) is 11.0 Å². The quantitative estimate of drug-likeness (QED) is 0.339. The summed E-state index contributed by atoms with van der Waals surface area (Å²) in [6.45, 7) is 5.08. The van der Waals surface area contributed by atoms with Gasteiger partial charge in [-0.25, -0.2) is 13.2 Å². The van der Waals surface area contributed by atoms with Crippen LogP contribution in [0.4, 0.5) is 5.69 Å². The molecule has 0 saturated carbocycles. The van der Waals surface area contributed by atoms with E-state index in [9.17, 15) is 22.8 Å². The Hall–Kier alpha value is -4.24. The van der Waals surface area contributed by atoms with Crippen molar-refractivity contribution in [2.24, 2.45) is 0 Å². The number of benzene rings is 3. The molecule has 182 valence electrons. The molecule has 5 rings (SSSR count). The van der Waals surface area contributed by atoms with Crippen molar-refractivity contribution in [3.05, 3.63) is 94.2 Å². The lowest BCUT2D eigenvalue weighted by Gasteiger charge is -2.18. The van der Waals surface area contributed by atoms with Gasteiger partial charge in [-0.15, -0.1) is 0 Å². The molecule has 4 aromatic rings. The first-order valence-electron chi connectivity index (χ1n) is 11.2. The van der Waals surface area contributed by atoms with Gasteiger partial charge < -0.3 is 9.15 Å². The minimum absolute atomic E-state index is 0.0289. The monoisotopic (exact) mass is 503 g/mol. The highest BCUT2D eigenvalue weighted by Gasteiger charge is 2.31. The Balaban J connectivity index is 1.51. The molecule has 0 spiro atoms. The number of fused-ring (bicyclic) bond motifs is 3. The molecule has 36 heavy (non-hydrogen) atoms. The molecule has 0 atom stereocenters. The molecule has 0 amide bonds. The van der Waals surface area contributed by atoms with Crippen LogP contribution >= 0.6 is 0 Å². The molecular weight excluding hydrogens is 482 g/mol. The molecule has 0 unspecified atom stereocenters. The van der Waals surface area contributed by atoms with Crippen LogP contribution in [0.2, 0.25) is 0 Å². The number of carbonyl (C=O) groups is 3. The molecule has 0 fully saturated rings. The predicted molar refractivity (Wildman–Crippen MR) is 132 cm³/mol. The second kappa shape index (κ2) is 8.46. The minimum Gasteiger partial charge on any atom is -0.460 e. The van der Waals surface area contributed by atoms with Crippen molar-refractivity contribution in [1.82, 2.24) is 0 Å². The number of sulfonamides is 1. The van der Waals surface area contributed by atoms with Gasteiger partial charge in [-0.2, -0.15) is 0 Å². The van der Waals surface area contributed by atoms with Crippen LogP contribution in [0.25, 0.3) is 11.0 Å². The Kier molecular flexibility index (Phi) is 5.52. The van der Waals surface area contributed by atoms with Crippen molar-refractivity contribution in [1.29, 1.82) is 0 Å². The Morgan fingerprint density at radius 1 is 0.889 bits per heavy atom. The zero-order valence-corrected chi connectivity index (χ0v) is 20.4. The second-order valence-electron chi connectivity index (χ2n) is 8.71. The maximum absolute atomic E-state index is 13.2. The number of nitrogens with one attached hydrogen (secondary N) is 1. The summed E-state index contributed by atoms with van der Waals surface area (Å²) in [6.07, 6.45) is -0.339. The average molecular weight is 504 g/mol. The van der Waals surface area contributed by atoms with Crippen LogP contribution in [-0.4, -0.2) is 32.1 Å². The third-order valence-corrected chi connectivity index (χ3v) is 7.25. The highest BCUT2D eigenvalue weighted by atomic mass is 32.2. The first-order valence-corrected chi connectivity index (χ1v) is 12.6. The number of ether oxygens (including phenoxy) is 1. The van der Waals surface area contributed by atoms with Crippen LogP contribution in [0.15, 0.2) is 70.0 Å². The third kappa shape index (κ3) is 3.87. The number of aryl methyl sites for hydroxylation is 1. The van der Waals surface area contributed by atoms with Gasteiger partial charge in [0.15, 0.2) is 11.6 Å². The Labute approximate surface area is 206 Å². The van der Waals surface area contributed by atoms with Crippen molar-refractivity contribution in [2.45, 2.75) is 31.8 Å². The SMILES string of the molecule is Cc1oc2ccc(NS(=O)(=O)c3ccc4c(c3)C(=O)c3ccccc3C4=O)cc2c1C(=O)OC(C)C. The fourth-order valence-electron chi connectivity index (χ4n) is 4.27. The highest BCUT2D eigenvalue weighted by molar-refractivity contribution is 7.92. The standard InChI is InChI=1S/C27H21NO7S/c1-14(2)34-27(31)24-15(3)35-23-11-8-16(12-22(23)24)28-36(32,33)17-9-10-20-21(13-17)26(30)19-7-5-4-6-18(19)25(20)29/h4-14,28H,1-3H3. The van der Waals surface area contributed by atoms with Crippen LogP contribution in [0.1, 0.15) is 61.8 Å². The van der Waals surface area contributed by atoms with Crippen LogP contribution < -0.4 is 4.72 Å². The fourth-order valence-corrected chi connectivity index (χ4v) is 5.35. The summed E-state index contributed by atoms with van der Waals surface area (Å²) in [6, 6.07) is 14.8. The van der Waals surface area contributed by atoms with Gasteiger partial charge in [0.1, 0.15) is 16.9 Å². The van der Waals surface area contributed by atoms with Gasteiger partial charge in [-0.1, -0.05) is 24.3 Å². The molecule has 1 aliphatic rings.